The number of amides is 2. The lowest BCUT2D eigenvalue weighted by Crippen LogP contribution is -2.48. The van der Waals surface area contributed by atoms with Crippen molar-refractivity contribution in [2.75, 3.05) is 13.1 Å². The van der Waals surface area contributed by atoms with E-state index in [0.717, 1.165) is 11.5 Å². The van der Waals surface area contributed by atoms with E-state index >= 15 is 0 Å². The Hall–Kier alpha value is -1.98. The summed E-state index contributed by atoms with van der Waals surface area (Å²) in [4.78, 5) is 25.1. The summed E-state index contributed by atoms with van der Waals surface area (Å²) < 4.78 is 10.7. The summed E-state index contributed by atoms with van der Waals surface area (Å²) in [7, 11) is 0. The molecule has 0 saturated carbocycles. The molecule has 4 fully saturated rings. The third kappa shape index (κ3) is 2.05. The predicted octanol–water partition coefficient (Wildman–Crippen LogP) is 0.958. The Morgan fingerprint density at radius 3 is 1.55 bits per heavy atom. The average molecular weight is 278 g/mol. The first-order valence-corrected chi connectivity index (χ1v) is 6.85. The van der Waals surface area contributed by atoms with Crippen LogP contribution in [-0.4, -0.2) is 47.2 Å². The minimum absolute atomic E-state index is 0.0682. The minimum Gasteiger partial charge on any atom is -0.473 e. The Morgan fingerprint density at radius 1 is 0.900 bits per heavy atom. The summed E-state index contributed by atoms with van der Waals surface area (Å²) in [5, 5.41) is 0. The highest BCUT2D eigenvalue weighted by atomic mass is 16.5. The second-order valence-electron chi connectivity index (χ2n) is 5.11. The first kappa shape index (κ1) is 13.0. The molecule has 20 heavy (non-hydrogen) atoms. The number of carbonyl (C=O) groups excluding carboxylic acids is 2. The first-order valence-electron chi connectivity index (χ1n) is 6.85. The van der Waals surface area contributed by atoms with Gasteiger partial charge in [-0.2, -0.15) is 0 Å². The maximum Gasteiger partial charge on any atom is 0.231 e. The summed E-state index contributed by atoms with van der Waals surface area (Å²) >= 11 is 0. The van der Waals surface area contributed by atoms with Crippen molar-refractivity contribution in [3.63, 3.8) is 0 Å². The molecule has 2 amide bonds. The molecule has 4 saturated heterocycles. The van der Waals surface area contributed by atoms with Crippen molar-refractivity contribution in [3.05, 3.63) is 23.7 Å². The number of hydrogen-bond donors (Lipinski definition) is 0. The SMILES string of the molecule is C/C=C1/CN2C(=O)C[C@H]2O1.C/C=C1\CN2C(=O)C[C@H]2O1. The van der Waals surface area contributed by atoms with E-state index in [9.17, 15) is 9.59 Å². The van der Waals surface area contributed by atoms with Crippen molar-refractivity contribution < 1.29 is 19.1 Å². The quantitative estimate of drug-likeness (QED) is 0.619. The Bertz CT molecular complexity index is 465. The fraction of sp³-hybridized carbons (Fsp3) is 0.571. The van der Waals surface area contributed by atoms with Gasteiger partial charge in [-0.3, -0.25) is 19.4 Å². The molecule has 0 aliphatic carbocycles. The smallest absolute Gasteiger partial charge is 0.231 e. The van der Waals surface area contributed by atoms with Gasteiger partial charge in [0.1, 0.15) is 11.5 Å². The fourth-order valence-corrected chi connectivity index (χ4v) is 2.52. The van der Waals surface area contributed by atoms with E-state index in [-0.39, 0.29) is 24.3 Å². The number of nitrogens with zero attached hydrogens (tertiary/aromatic N) is 2. The van der Waals surface area contributed by atoms with Crippen molar-refractivity contribution in [3.8, 4) is 0 Å². The van der Waals surface area contributed by atoms with Crippen LogP contribution in [0.5, 0.6) is 0 Å². The highest BCUT2D eigenvalue weighted by Crippen LogP contribution is 2.30. The number of allylic oxidation sites excluding steroid dienone is 2. The molecule has 0 aromatic heterocycles. The normalized spacial score (nSPS) is 33.7. The van der Waals surface area contributed by atoms with Crippen molar-refractivity contribution in [2.45, 2.75) is 39.1 Å². The van der Waals surface area contributed by atoms with E-state index in [1.54, 1.807) is 9.80 Å². The molecule has 0 aromatic carbocycles. The second-order valence-corrected chi connectivity index (χ2v) is 5.11. The van der Waals surface area contributed by atoms with E-state index < -0.39 is 0 Å². The van der Waals surface area contributed by atoms with Gasteiger partial charge in [0.15, 0.2) is 12.5 Å². The number of ether oxygens (including phenoxy) is 2. The molecular formula is C14H18N2O4. The van der Waals surface area contributed by atoms with Crippen LogP contribution in [0.1, 0.15) is 26.7 Å². The predicted molar refractivity (Wildman–Crippen MR) is 69.9 cm³/mol. The Labute approximate surface area is 117 Å². The highest BCUT2D eigenvalue weighted by molar-refractivity contribution is 5.83. The lowest BCUT2D eigenvalue weighted by Gasteiger charge is -2.30. The standard InChI is InChI=1S/2C7H9NO2/c2*1-2-5-4-8-6(9)3-7(8)10-5/h2*2,7H,3-4H2,1H3/b5-2+;5-2-/t2*7-/m11/s1. The zero-order valence-electron chi connectivity index (χ0n) is 11.7. The number of β-lactam (4-membered cyclic amide) rings is 2. The number of fused-ring (bicyclic) bond motifs is 2. The van der Waals surface area contributed by atoms with Gasteiger partial charge in [-0.05, 0) is 26.0 Å². The van der Waals surface area contributed by atoms with E-state index in [0.29, 0.717) is 25.9 Å². The van der Waals surface area contributed by atoms with Gasteiger partial charge in [0.2, 0.25) is 11.8 Å². The van der Waals surface area contributed by atoms with Gasteiger partial charge < -0.3 is 9.47 Å². The molecule has 0 bridgehead atoms. The van der Waals surface area contributed by atoms with Crippen LogP contribution in [0.4, 0.5) is 0 Å². The van der Waals surface area contributed by atoms with Crippen LogP contribution in [0, 0.1) is 0 Å². The van der Waals surface area contributed by atoms with Gasteiger partial charge in [0.25, 0.3) is 0 Å². The summed E-state index contributed by atoms with van der Waals surface area (Å²) in [5.74, 6) is 2.27. The van der Waals surface area contributed by atoms with Crippen molar-refractivity contribution in [2.24, 2.45) is 0 Å². The molecule has 108 valence electrons. The third-order valence-electron chi connectivity index (χ3n) is 3.91. The molecule has 0 radical (unpaired) electrons. The highest BCUT2D eigenvalue weighted by Gasteiger charge is 2.44. The molecule has 4 rings (SSSR count). The molecule has 6 nitrogen and oxygen atoms in total. The maximum atomic E-state index is 10.8. The lowest BCUT2D eigenvalue weighted by molar-refractivity contribution is -0.154. The maximum absolute atomic E-state index is 10.8. The molecule has 4 aliphatic rings. The zero-order chi connectivity index (χ0) is 14.3. The molecule has 0 spiro atoms. The molecule has 4 heterocycles. The fourth-order valence-electron chi connectivity index (χ4n) is 2.52. The summed E-state index contributed by atoms with van der Waals surface area (Å²) in [6.45, 7) is 5.21. The summed E-state index contributed by atoms with van der Waals surface area (Å²) in [6, 6.07) is 0. The van der Waals surface area contributed by atoms with Crippen LogP contribution < -0.4 is 0 Å². The van der Waals surface area contributed by atoms with Crippen molar-refractivity contribution in [1.29, 1.82) is 0 Å². The monoisotopic (exact) mass is 278 g/mol. The van der Waals surface area contributed by atoms with Gasteiger partial charge >= 0.3 is 0 Å². The molecule has 0 unspecified atom stereocenters. The van der Waals surface area contributed by atoms with E-state index in [1.165, 1.54) is 0 Å². The topological polar surface area (TPSA) is 59.1 Å². The lowest BCUT2D eigenvalue weighted by atomic mass is 10.2. The summed E-state index contributed by atoms with van der Waals surface area (Å²) in [6.07, 6.45) is 5.09. The Morgan fingerprint density at radius 2 is 1.30 bits per heavy atom. The average Bonchev–Trinajstić information content (AvgIpc) is 2.96. The molecule has 0 N–H and O–H groups in total. The molecule has 6 heteroatoms. The minimum atomic E-state index is 0.0682. The summed E-state index contributed by atoms with van der Waals surface area (Å²) in [5.41, 5.74) is 0. The largest absolute Gasteiger partial charge is 0.473 e. The van der Waals surface area contributed by atoms with Gasteiger partial charge in [0.05, 0.1) is 25.9 Å². The van der Waals surface area contributed by atoms with Gasteiger partial charge in [0, 0.05) is 0 Å². The Balaban J connectivity index is 0.000000121. The Kier molecular flexibility index (Phi) is 3.16. The van der Waals surface area contributed by atoms with Crippen LogP contribution in [-0.2, 0) is 19.1 Å². The van der Waals surface area contributed by atoms with Crippen LogP contribution in [0.3, 0.4) is 0 Å². The van der Waals surface area contributed by atoms with Crippen molar-refractivity contribution >= 4 is 11.8 Å². The molecule has 0 aromatic rings. The molecule has 2 atom stereocenters. The van der Waals surface area contributed by atoms with E-state index in [4.69, 9.17) is 9.47 Å². The number of carbonyl (C=O) groups is 2. The van der Waals surface area contributed by atoms with Crippen LogP contribution in [0.2, 0.25) is 0 Å². The second kappa shape index (κ2) is 4.85. The van der Waals surface area contributed by atoms with Crippen LogP contribution in [0.15, 0.2) is 23.7 Å². The molecule has 4 aliphatic heterocycles. The first-order chi connectivity index (χ1) is 9.62. The van der Waals surface area contributed by atoms with Gasteiger partial charge in [-0.15, -0.1) is 0 Å². The third-order valence-corrected chi connectivity index (χ3v) is 3.91. The van der Waals surface area contributed by atoms with Crippen molar-refractivity contribution in [1.82, 2.24) is 9.80 Å². The van der Waals surface area contributed by atoms with E-state index in [1.807, 2.05) is 26.0 Å². The van der Waals surface area contributed by atoms with Gasteiger partial charge in [-0.1, -0.05) is 0 Å². The molecular weight excluding hydrogens is 260 g/mol. The zero-order valence-corrected chi connectivity index (χ0v) is 11.7. The van der Waals surface area contributed by atoms with Gasteiger partial charge in [-0.25, -0.2) is 0 Å². The number of hydrogen-bond acceptors (Lipinski definition) is 4. The number of rotatable bonds is 0. The van der Waals surface area contributed by atoms with Crippen LogP contribution in [0.25, 0.3) is 0 Å². The van der Waals surface area contributed by atoms with Crippen LogP contribution >= 0.6 is 0 Å². The van der Waals surface area contributed by atoms with E-state index in [2.05, 4.69) is 0 Å².